The van der Waals surface area contributed by atoms with Gasteiger partial charge in [0.15, 0.2) is 0 Å². The molecule has 2 heterocycles. The highest BCUT2D eigenvalue weighted by atomic mass is 32.2. The first-order chi connectivity index (χ1) is 17.3. The van der Waals surface area contributed by atoms with E-state index in [1.165, 1.54) is 17.3 Å². The van der Waals surface area contributed by atoms with Crippen LogP contribution in [0.1, 0.15) is 31.9 Å². The van der Waals surface area contributed by atoms with E-state index in [0.29, 0.717) is 15.5 Å². The van der Waals surface area contributed by atoms with Gasteiger partial charge in [-0.2, -0.15) is 5.26 Å². The van der Waals surface area contributed by atoms with Gasteiger partial charge >= 0.3 is 0 Å². The number of nitriles is 1. The molecule has 0 aliphatic heterocycles. The Labute approximate surface area is 223 Å². The van der Waals surface area contributed by atoms with Gasteiger partial charge in [0.1, 0.15) is 11.1 Å². The molecular formula is C29H28N2O2S3. The monoisotopic (exact) mass is 532 g/mol. The third-order valence-corrected chi connectivity index (χ3v) is 9.19. The Balaban J connectivity index is 1.53. The lowest BCUT2D eigenvalue weighted by atomic mass is 9.87. The summed E-state index contributed by atoms with van der Waals surface area (Å²) in [6.07, 6.45) is -0.808. The molecule has 0 unspecified atom stereocenters. The number of benzene rings is 2. The lowest BCUT2D eigenvalue weighted by Crippen LogP contribution is -2.20. The predicted octanol–water partition coefficient (Wildman–Crippen LogP) is 6.91. The van der Waals surface area contributed by atoms with E-state index >= 15 is 0 Å². The van der Waals surface area contributed by atoms with Crippen molar-refractivity contribution < 1.29 is 9.32 Å². The Bertz CT molecular complexity index is 1370. The molecule has 0 saturated heterocycles. The molecular weight excluding hydrogens is 505 g/mol. The summed E-state index contributed by atoms with van der Waals surface area (Å²) in [5, 5.41) is 23.3. The molecule has 0 aliphatic rings. The molecule has 184 valence electrons. The molecule has 2 aromatic heterocycles. The number of thiophene rings is 1. The highest BCUT2D eigenvalue weighted by molar-refractivity contribution is 7.99. The molecule has 0 aliphatic carbocycles. The molecule has 0 spiro atoms. The molecule has 2 aromatic carbocycles. The van der Waals surface area contributed by atoms with Crippen LogP contribution in [0.25, 0.3) is 21.7 Å². The number of hydrogen-bond donors (Lipinski definition) is 1. The SMILES string of the molecule is CC(C)(C)c1ccc([S@@](=O)C[C@H](O)CSc2nc(-c3cccs3)cc(-c3ccccc3)c2C#N)cc1. The highest BCUT2D eigenvalue weighted by Gasteiger charge is 2.19. The smallest absolute Gasteiger partial charge is 0.115 e. The van der Waals surface area contributed by atoms with Crippen molar-refractivity contribution in [2.45, 2.75) is 42.2 Å². The fraction of sp³-hybridized carbons (Fsp3) is 0.241. The largest absolute Gasteiger partial charge is 0.391 e. The van der Waals surface area contributed by atoms with Crippen LogP contribution in [0.15, 0.2) is 88.1 Å². The van der Waals surface area contributed by atoms with Gasteiger partial charge in [-0.3, -0.25) is 4.21 Å². The zero-order chi connectivity index (χ0) is 25.7. The van der Waals surface area contributed by atoms with E-state index in [9.17, 15) is 14.6 Å². The number of pyridine rings is 1. The second kappa shape index (κ2) is 11.5. The Kier molecular flexibility index (Phi) is 8.43. The second-order valence-electron chi connectivity index (χ2n) is 9.44. The van der Waals surface area contributed by atoms with Crippen molar-refractivity contribution in [3.8, 4) is 27.8 Å². The normalized spacial score (nSPS) is 13.2. The van der Waals surface area contributed by atoms with Gasteiger partial charge in [-0.15, -0.1) is 23.1 Å². The average molecular weight is 533 g/mol. The molecule has 2 atom stereocenters. The Morgan fingerprint density at radius 3 is 2.42 bits per heavy atom. The molecule has 0 amide bonds. The van der Waals surface area contributed by atoms with Gasteiger partial charge in [-0.05, 0) is 46.2 Å². The first-order valence-electron chi connectivity index (χ1n) is 11.6. The van der Waals surface area contributed by atoms with Crippen LogP contribution in [0, 0.1) is 11.3 Å². The second-order valence-corrected chi connectivity index (χ2v) is 12.9. The summed E-state index contributed by atoms with van der Waals surface area (Å²) >= 11 is 2.92. The summed E-state index contributed by atoms with van der Waals surface area (Å²) in [7, 11) is -1.32. The maximum Gasteiger partial charge on any atom is 0.115 e. The minimum atomic E-state index is -1.32. The van der Waals surface area contributed by atoms with E-state index in [0.717, 1.165) is 21.7 Å². The van der Waals surface area contributed by atoms with Crippen molar-refractivity contribution in [1.29, 1.82) is 5.26 Å². The fourth-order valence-corrected chi connectivity index (χ4v) is 6.60. The Hall–Kier alpha value is -2.76. The van der Waals surface area contributed by atoms with E-state index in [1.54, 1.807) is 11.3 Å². The summed E-state index contributed by atoms with van der Waals surface area (Å²) < 4.78 is 12.9. The van der Waals surface area contributed by atoms with Gasteiger partial charge in [0, 0.05) is 16.2 Å². The molecule has 0 fully saturated rings. The lowest BCUT2D eigenvalue weighted by Gasteiger charge is -2.19. The standard InChI is InChI=1S/C29H28N2O2S3/c1-29(2,3)21-11-13-23(14-12-21)36(33)19-22(32)18-35-28-25(17-30)24(20-8-5-4-6-9-20)16-26(31-28)27-10-7-15-34-27/h4-16,22,32H,18-19H2,1-3H3/t22-,36+/m1/s1. The predicted molar refractivity (Wildman–Crippen MR) is 151 cm³/mol. The summed E-state index contributed by atoms with van der Waals surface area (Å²) in [5.74, 6) is 0.412. The van der Waals surface area contributed by atoms with Crippen LogP contribution in [0.2, 0.25) is 0 Å². The van der Waals surface area contributed by atoms with Gasteiger partial charge in [0.05, 0.1) is 38.8 Å². The van der Waals surface area contributed by atoms with Crippen molar-refractivity contribution in [1.82, 2.24) is 4.98 Å². The van der Waals surface area contributed by atoms with Crippen LogP contribution in [0.3, 0.4) is 0 Å². The lowest BCUT2D eigenvalue weighted by molar-refractivity contribution is 0.224. The molecule has 36 heavy (non-hydrogen) atoms. The van der Waals surface area contributed by atoms with Crippen LogP contribution in [0.4, 0.5) is 0 Å². The van der Waals surface area contributed by atoms with Crippen LogP contribution >= 0.6 is 23.1 Å². The number of aromatic nitrogens is 1. The van der Waals surface area contributed by atoms with Gasteiger partial charge in [-0.1, -0.05) is 69.3 Å². The zero-order valence-electron chi connectivity index (χ0n) is 20.5. The van der Waals surface area contributed by atoms with Gasteiger partial charge in [-0.25, -0.2) is 4.98 Å². The summed E-state index contributed by atoms with van der Waals surface area (Å²) in [6.45, 7) is 6.42. The maximum absolute atomic E-state index is 12.9. The van der Waals surface area contributed by atoms with E-state index in [-0.39, 0.29) is 16.9 Å². The van der Waals surface area contributed by atoms with Crippen LogP contribution < -0.4 is 0 Å². The van der Waals surface area contributed by atoms with Crippen molar-refractivity contribution in [2.75, 3.05) is 11.5 Å². The van der Waals surface area contributed by atoms with Crippen molar-refractivity contribution >= 4 is 33.9 Å². The summed E-state index contributed by atoms with van der Waals surface area (Å²) in [5.41, 5.74) is 4.24. The molecule has 4 aromatic rings. The Morgan fingerprint density at radius 2 is 1.81 bits per heavy atom. The highest BCUT2D eigenvalue weighted by Crippen LogP contribution is 2.35. The summed E-state index contributed by atoms with van der Waals surface area (Å²) in [4.78, 5) is 6.49. The third-order valence-electron chi connectivity index (χ3n) is 5.70. The molecule has 7 heteroatoms. The van der Waals surface area contributed by atoms with E-state index < -0.39 is 16.9 Å². The van der Waals surface area contributed by atoms with E-state index in [4.69, 9.17) is 4.98 Å². The number of hydrogen-bond acceptors (Lipinski definition) is 6. The quantitative estimate of drug-likeness (QED) is 0.250. The zero-order valence-corrected chi connectivity index (χ0v) is 22.9. The molecule has 0 radical (unpaired) electrons. The minimum absolute atomic E-state index is 0.0257. The van der Waals surface area contributed by atoms with E-state index in [1.807, 2.05) is 78.2 Å². The number of rotatable bonds is 8. The number of aliphatic hydroxyl groups is 1. The van der Waals surface area contributed by atoms with Gasteiger partial charge < -0.3 is 5.11 Å². The van der Waals surface area contributed by atoms with Gasteiger partial charge in [0.25, 0.3) is 0 Å². The fourth-order valence-electron chi connectivity index (χ4n) is 3.73. The number of thioether (sulfide) groups is 1. The topological polar surface area (TPSA) is 74.0 Å². The third kappa shape index (κ3) is 6.32. The molecule has 0 saturated carbocycles. The number of nitrogens with zero attached hydrogens (tertiary/aromatic N) is 2. The molecule has 4 nitrogen and oxygen atoms in total. The average Bonchev–Trinajstić information content (AvgIpc) is 3.42. The van der Waals surface area contributed by atoms with Crippen LogP contribution in [-0.2, 0) is 16.2 Å². The minimum Gasteiger partial charge on any atom is -0.391 e. The first kappa shape index (κ1) is 26.3. The Morgan fingerprint density at radius 1 is 1.08 bits per heavy atom. The summed E-state index contributed by atoms with van der Waals surface area (Å²) in [6, 6.07) is 25.8. The number of aliphatic hydroxyl groups excluding tert-OH is 1. The van der Waals surface area contributed by atoms with Crippen LogP contribution in [0.5, 0.6) is 0 Å². The van der Waals surface area contributed by atoms with E-state index in [2.05, 4.69) is 26.8 Å². The van der Waals surface area contributed by atoms with Crippen molar-refractivity contribution in [3.05, 3.63) is 89.3 Å². The molecule has 4 rings (SSSR count). The van der Waals surface area contributed by atoms with Crippen molar-refractivity contribution in [3.63, 3.8) is 0 Å². The van der Waals surface area contributed by atoms with Crippen LogP contribution in [-0.4, -0.2) is 31.9 Å². The molecule has 0 bridgehead atoms. The molecule has 1 N–H and O–H groups in total. The maximum atomic E-state index is 12.9. The van der Waals surface area contributed by atoms with Crippen molar-refractivity contribution in [2.24, 2.45) is 0 Å². The first-order valence-corrected chi connectivity index (χ1v) is 14.8. The van der Waals surface area contributed by atoms with Gasteiger partial charge in [0.2, 0.25) is 0 Å².